The predicted octanol–water partition coefficient (Wildman–Crippen LogP) is 4.26. The highest BCUT2D eigenvalue weighted by Crippen LogP contribution is 2.44. The molecule has 5 N–H and O–H groups in total. The average molecular weight is 590 g/mol. The van der Waals surface area contributed by atoms with E-state index in [4.69, 9.17) is 38.4 Å². The Labute approximate surface area is 243 Å². The number of nitrogens with zero attached hydrogens (tertiary/aromatic N) is 3. The highest BCUT2D eigenvalue weighted by atomic mass is 35.5. The first-order valence-electron chi connectivity index (χ1n) is 13.3. The normalized spacial score (nSPS) is 20.2. The number of amides is 1. The number of anilines is 2. The summed E-state index contributed by atoms with van der Waals surface area (Å²) in [5, 5.41) is 18.0. The van der Waals surface area contributed by atoms with Gasteiger partial charge in [-0.25, -0.2) is 4.98 Å². The number of aromatic hydroxyl groups is 1. The van der Waals surface area contributed by atoms with Crippen LogP contribution in [0.4, 0.5) is 11.6 Å². The van der Waals surface area contributed by atoms with Crippen LogP contribution < -0.4 is 21.1 Å². The molecule has 2 aliphatic rings. The molecule has 2 atom stereocenters. The Bertz CT molecular complexity index is 1440. The molecule has 12 heteroatoms. The lowest BCUT2D eigenvalue weighted by Gasteiger charge is -2.38. The van der Waals surface area contributed by atoms with Gasteiger partial charge in [0.2, 0.25) is 11.8 Å². The van der Waals surface area contributed by atoms with Crippen molar-refractivity contribution >= 4 is 51.6 Å². The van der Waals surface area contributed by atoms with Gasteiger partial charge in [-0.2, -0.15) is 4.98 Å². The minimum atomic E-state index is -0.458. The minimum absolute atomic E-state index is 0.0855. The van der Waals surface area contributed by atoms with Crippen LogP contribution >= 0.6 is 23.2 Å². The van der Waals surface area contributed by atoms with E-state index in [2.05, 4.69) is 25.5 Å². The van der Waals surface area contributed by atoms with Gasteiger partial charge in [0.1, 0.15) is 11.4 Å². The van der Waals surface area contributed by atoms with Crippen molar-refractivity contribution in [3.8, 4) is 11.6 Å². The number of fused-ring (bicyclic) bond motifs is 2. The second-order valence-corrected chi connectivity index (χ2v) is 11.8. The van der Waals surface area contributed by atoms with Gasteiger partial charge >= 0.3 is 0 Å². The summed E-state index contributed by atoms with van der Waals surface area (Å²) in [6, 6.07) is 6.51. The summed E-state index contributed by atoms with van der Waals surface area (Å²) in [6.45, 7) is 6.85. The molecule has 0 radical (unpaired) electrons. The third-order valence-electron chi connectivity index (χ3n) is 7.43. The molecule has 1 aromatic heterocycles. The molecule has 5 rings (SSSR count). The molecule has 0 aliphatic carbocycles. The van der Waals surface area contributed by atoms with Crippen LogP contribution in [-0.2, 0) is 11.2 Å². The Hall–Kier alpha value is -3.05. The van der Waals surface area contributed by atoms with Gasteiger partial charge in [-0.05, 0) is 57.5 Å². The number of aromatic nitrogens is 2. The standard InChI is InChI=1S/C28H34Cl2N6O4/c1-28(2)13-18-23(31)19(30)12-17(24(18)40-28)26(38)33-20-7-10-36(14-22(20)39-3)9-4-8-32-27-34-21-11-15(29)5-6-16(21)25(37)35-27/h5-6,11-12,20,22H,4,7-10,13-14,31H2,1-3H3,(H,33,38)(H2,32,34,35,37)/t20-,22+/m0/s1. The van der Waals surface area contributed by atoms with Crippen molar-refractivity contribution in [1.29, 1.82) is 0 Å². The number of carbonyl (C=O) groups is 1. The number of ether oxygens (including phenoxy) is 2. The quantitative estimate of drug-likeness (QED) is 0.225. The van der Waals surface area contributed by atoms with Gasteiger partial charge in [-0.15, -0.1) is 0 Å². The molecule has 10 nitrogen and oxygen atoms in total. The van der Waals surface area contributed by atoms with Gasteiger partial charge in [0.15, 0.2) is 0 Å². The monoisotopic (exact) mass is 588 g/mol. The number of nitrogens with two attached hydrogens (primary N) is 1. The SMILES string of the molecule is CO[C@@H]1CN(CCCNc2nc(O)c3ccc(Cl)cc3n2)CC[C@@H]1NC(=O)c1cc(Cl)c(N)c2c1OC(C)(C)C2. The molecule has 2 aliphatic heterocycles. The average Bonchev–Trinajstić information content (AvgIpc) is 3.24. The third-order valence-corrected chi connectivity index (χ3v) is 7.98. The van der Waals surface area contributed by atoms with Crippen LogP contribution in [0.5, 0.6) is 11.6 Å². The Morgan fingerprint density at radius 1 is 1.30 bits per heavy atom. The number of likely N-dealkylation sites (tertiary alicyclic amines) is 1. The summed E-state index contributed by atoms with van der Waals surface area (Å²) in [5.41, 5.74) is 7.95. The van der Waals surface area contributed by atoms with Crippen LogP contribution in [0.3, 0.4) is 0 Å². The van der Waals surface area contributed by atoms with E-state index < -0.39 is 5.60 Å². The van der Waals surface area contributed by atoms with Crippen LogP contribution in [0.2, 0.25) is 10.0 Å². The third kappa shape index (κ3) is 6.00. The minimum Gasteiger partial charge on any atom is -0.493 e. The van der Waals surface area contributed by atoms with Crippen molar-refractivity contribution < 1.29 is 19.4 Å². The molecule has 1 saturated heterocycles. The van der Waals surface area contributed by atoms with E-state index in [1.54, 1.807) is 31.4 Å². The summed E-state index contributed by atoms with van der Waals surface area (Å²) in [4.78, 5) is 24.2. The number of rotatable bonds is 8. The van der Waals surface area contributed by atoms with Crippen LogP contribution in [0.15, 0.2) is 24.3 Å². The second kappa shape index (κ2) is 11.4. The molecule has 2 aromatic carbocycles. The number of methoxy groups -OCH3 is 1. The molecule has 1 amide bonds. The summed E-state index contributed by atoms with van der Waals surface area (Å²) < 4.78 is 11.9. The van der Waals surface area contributed by atoms with Crippen LogP contribution in [0.1, 0.15) is 42.6 Å². The number of nitrogen functional groups attached to an aromatic ring is 1. The fraction of sp³-hybridized carbons (Fsp3) is 0.464. The van der Waals surface area contributed by atoms with Gasteiger partial charge < -0.3 is 35.8 Å². The van der Waals surface area contributed by atoms with Crippen LogP contribution in [0.25, 0.3) is 10.9 Å². The topological polar surface area (TPSA) is 135 Å². The van der Waals surface area contributed by atoms with E-state index in [0.717, 1.165) is 31.5 Å². The van der Waals surface area contributed by atoms with Crippen molar-refractivity contribution in [3.05, 3.63) is 45.4 Å². The molecule has 1 fully saturated rings. The molecular formula is C28H34Cl2N6O4. The molecule has 0 unspecified atom stereocenters. The Morgan fingerprint density at radius 3 is 2.88 bits per heavy atom. The molecular weight excluding hydrogens is 555 g/mol. The smallest absolute Gasteiger partial charge is 0.255 e. The van der Waals surface area contributed by atoms with Crippen LogP contribution in [0, 0.1) is 0 Å². The molecule has 0 spiro atoms. The summed E-state index contributed by atoms with van der Waals surface area (Å²) >= 11 is 12.4. The van der Waals surface area contributed by atoms with E-state index in [-0.39, 0.29) is 23.9 Å². The maximum Gasteiger partial charge on any atom is 0.255 e. The molecule has 0 saturated carbocycles. The lowest BCUT2D eigenvalue weighted by Crippen LogP contribution is -2.55. The van der Waals surface area contributed by atoms with E-state index in [1.807, 2.05) is 13.8 Å². The number of hydrogen-bond donors (Lipinski definition) is 4. The van der Waals surface area contributed by atoms with Crippen molar-refractivity contribution in [2.75, 3.05) is 44.3 Å². The summed E-state index contributed by atoms with van der Waals surface area (Å²) in [5.74, 6) is 0.526. The fourth-order valence-electron chi connectivity index (χ4n) is 5.40. The molecule has 214 valence electrons. The van der Waals surface area contributed by atoms with Crippen molar-refractivity contribution in [2.24, 2.45) is 0 Å². The van der Waals surface area contributed by atoms with Crippen molar-refractivity contribution in [3.63, 3.8) is 0 Å². The first-order chi connectivity index (χ1) is 19.0. The summed E-state index contributed by atoms with van der Waals surface area (Å²) in [7, 11) is 1.66. The van der Waals surface area contributed by atoms with E-state index in [9.17, 15) is 9.90 Å². The first kappa shape index (κ1) is 28.5. The molecule has 3 aromatic rings. The maximum absolute atomic E-state index is 13.4. The molecule has 40 heavy (non-hydrogen) atoms. The highest BCUT2D eigenvalue weighted by Gasteiger charge is 2.37. The number of benzene rings is 2. The number of nitrogens with one attached hydrogen (secondary N) is 2. The largest absolute Gasteiger partial charge is 0.493 e. The Kier molecular flexibility index (Phi) is 8.15. The predicted molar refractivity (Wildman–Crippen MR) is 157 cm³/mol. The summed E-state index contributed by atoms with van der Waals surface area (Å²) in [6.07, 6.45) is 1.97. The lowest BCUT2D eigenvalue weighted by atomic mass is 9.97. The number of piperidine rings is 1. The fourth-order valence-corrected chi connectivity index (χ4v) is 5.79. The highest BCUT2D eigenvalue weighted by molar-refractivity contribution is 6.34. The Balaban J connectivity index is 1.15. The van der Waals surface area contributed by atoms with E-state index in [0.29, 0.717) is 63.4 Å². The van der Waals surface area contributed by atoms with E-state index >= 15 is 0 Å². The first-order valence-corrected chi connectivity index (χ1v) is 14.1. The van der Waals surface area contributed by atoms with Gasteiger partial charge in [-0.1, -0.05) is 23.2 Å². The zero-order valence-corrected chi connectivity index (χ0v) is 24.3. The van der Waals surface area contributed by atoms with Crippen molar-refractivity contribution in [1.82, 2.24) is 20.2 Å². The molecule has 0 bridgehead atoms. The van der Waals surface area contributed by atoms with Gasteiger partial charge in [0.05, 0.1) is 39.3 Å². The Morgan fingerprint density at radius 2 is 2.10 bits per heavy atom. The molecule has 3 heterocycles. The van der Waals surface area contributed by atoms with Gasteiger partial charge in [0.25, 0.3) is 5.91 Å². The zero-order chi connectivity index (χ0) is 28.6. The van der Waals surface area contributed by atoms with Crippen LogP contribution in [-0.4, -0.2) is 76.9 Å². The van der Waals surface area contributed by atoms with Crippen molar-refractivity contribution in [2.45, 2.75) is 50.9 Å². The van der Waals surface area contributed by atoms with Gasteiger partial charge in [0, 0.05) is 43.8 Å². The lowest BCUT2D eigenvalue weighted by molar-refractivity contribution is 0.00634. The zero-order valence-electron chi connectivity index (χ0n) is 22.8. The number of halogens is 2. The second-order valence-electron chi connectivity index (χ2n) is 10.9. The number of carbonyl (C=O) groups excluding carboxylic acids is 1. The van der Waals surface area contributed by atoms with E-state index in [1.165, 1.54) is 0 Å². The van der Waals surface area contributed by atoms with Gasteiger partial charge in [-0.3, -0.25) is 4.79 Å². The maximum atomic E-state index is 13.4. The number of hydrogen-bond acceptors (Lipinski definition) is 9.